The van der Waals surface area contributed by atoms with Crippen molar-refractivity contribution in [2.75, 3.05) is 11.9 Å². The van der Waals surface area contributed by atoms with Crippen LogP contribution in [0.25, 0.3) is 0 Å². The fourth-order valence-corrected chi connectivity index (χ4v) is 1.95. The SMILES string of the molecule is O=C(Nc1cccc(Cl)c1Cl)[C@H]1CCCO1. The lowest BCUT2D eigenvalue weighted by molar-refractivity contribution is -0.124. The first-order chi connectivity index (χ1) is 7.68. The summed E-state index contributed by atoms with van der Waals surface area (Å²) in [4.78, 5) is 11.7. The molecule has 0 saturated carbocycles. The summed E-state index contributed by atoms with van der Waals surface area (Å²) in [5.74, 6) is -0.165. The molecule has 1 amide bonds. The number of ether oxygens (including phenoxy) is 1. The van der Waals surface area contributed by atoms with Crippen LogP contribution in [0.3, 0.4) is 0 Å². The normalized spacial score (nSPS) is 19.8. The van der Waals surface area contributed by atoms with E-state index in [0.717, 1.165) is 12.8 Å². The molecule has 2 rings (SSSR count). The highest BCUT2D eigenvalue weighted by Gasteiger charge is 2.24. The van der Waals surface area contributed by atoms with Crippen LogP contribution >= 0.6 is 23.2 Å². The summed E-state index contributed by atoms with van der Waals surface area (Å²) in [7, 11) is 0. The first kappa shape index (κ1) is 11.7. The summed E-state index contributed by atoms with van der Waals surface area (Å²) < 4.78 is 5.27. The molecular weight excluding hydrogens is 249 g/mol. The fraction of sp³-hybridized carbons (Fsp3) is 0.364. The summed E-state index contributed by atoms with van der Waals surface area (Å²) in [6, 6.07) is 5.12. The van der Waals surface area contributed by atoms with Gasteiger partial charge < -0.3 is 10.1 Å². The predicted molar refractivity (Wildman–Crippen MR) is 64.1 cm³/mol. The van der Waals surface area contributed by atoms with E-state index in [0.29, 0.717) is 22.3 Å². The molecule has 3 nitrogen and oxygen atoms in total. The number of carbonyl (C=O) groups is 1. The predicted octanol–water partition coefficient (Wildman–Crippen LogP) is 3.11. The number of carbonyl (C=O) groups excluding carboxylic acids is 1. The van der Waals surface area contributed by atoms with Gasteiger partial charge in [-0.1, -0.05) is 29.3 Å². The van der Waals surface area contributed by atoms with Gasteiger partial charge in [0, 0.05) is 6.61 Å². The van der Waals surface area contributed by atoms with Gasteiger partial charge in [-0.05, 0) is 25.0 Å². The zero-order chi connectivity index (χ0) is 11.5. The van der Waals surface area contributed by atoms with Crippen molar-refractivity contribution in [2.24, 2.45) is 0 Å². The van der Waals surface area contributed by atoms with Crippen molar-refractivity contribution in [1.29, 1.82) is 0 Å². The van der Waals surface area contributed by atoms with Crippen molar-refractivity contribution < 1.29 is 9.53 Å². The molecule has 0 unspecified atom stereocenters. The number of amides is 1. The quantitative estimate of drug-likeness (QED) is 0.887. The maximum atomic E-state index is 11.7. The van der Waals surface area contributed by atoms with E-state index >= 15 is 0 Å². The molecule has 0 radical (unpaired) electrons. The Kier molecular flexibility index (Phi) is 3.69. The van der Waals surface area contributed by atoms with Gasteiger partial charge in [-0.2, -0.15) is 0 Å². The fourth-order valence-electron chi connectivity index (χ4n) is 1.60. The standard InChI is InChI=1S/C11H11Cl2NO2/c12-7-3-1-4-8(10(7)13)14-11(15)9-5-2-6-16-9/h1,3-4,9H,2,5-6H2,(H,14,15)/t9-/m1/s1. The summed E-state index contributed by atoms with van der Waals surface area (Å²) in [6.07, 6.45) is 1.31. The topological polar surface area (TPSA) is 38.3 Å². The number of hydrogen-bond acceptors (Lipinski definition) is 2. The zero-order valence-electron chi connectivity index (χ0n) is 8.50. The second kappa shape index (κ2) is 5.04. The lowest BCUT2D eigenvalue weighted by Crippen LogP contribution is -2.26. The van der Waals surface area contributed by atoms with Crippen molar-refractivity contribution in [3.63, 3.8) is 0 Å². The molecule has 1 atom stereocenters. The maximum absolute atomic E-state index is 11.7. The molecule has 1 aromatic carbocycles. The van der Waals surface area contributed by atoms with Gasteiger partial charge in [0.25, 0.3) is 5.91 Å². The molecule has 16 heavy (non-hydrogen) atoms. The van der Waals surface area contributed by atoms with E-state index in [1.807, 2.05) is 0 Å². The molecule has 0 aliphatic carbocycles. The van der Waals surface area contributed by atoms with Crippen LogP contribution in [-0.4, -0.2) is 18.6 Å². The van der Waals surface area contributed by atoms with Crippen LogP contribution in [0.15, 0.2) is 18.2 Å². The summed E-state index contributed by atoms with van der Waals surface area (Å²) in [5.41, 5.74) is 0.523. The van der Waals surface area contributed by atoms with Crippen molar-refractivity contribution in [1.82, 2.24) is 0 Å². The van der Waals surface area contributed by atoms with Crippen molar-refractivity contribution in [3.05, 3.63) is 28.2 Å². The molecule has 1 saturated heterocycles. The summed E-state index contributed by atoms with van der Waals surface area (Å²) in [5, 5.41) is 3.49. The van der Waals surface area contributed by atoms with Crippen molar-refractivity contribution in [3.8, 4) is 0 Å². The van der Waals surface area contributed by atoms with E-state index in [1.165, 1.54) is 0 Å². The van der Waals surface area contributed by atoms with Gasteiger partial charge >= 0.3 is 0 Å². The average Bonchev–Trinajstić information content (AvgIpc) is 2.78. The van der Waals surface area contributed by atoms with Crippen LogP contribution in [0.1, 0.15) is 12.8 Å². The zero-order valence-corrected chi connectivity index (χ0v) is 10.0. The van der Waals surface area contributed by atoms with Gasteiger partial charge in [0.2, 0.25) is 0 Å². The Morgan fingerprint density at radius 1 is 1.44 bits per heavy atom. The minimum absolute atomic E-state index is 0.165. The summed E-state index contributed by atoms with van der Waals surface area (Å²) >= 11 is 11.8. The number of halogens is 2. The Hall–Kier alpha value is -0.770. The second-order valence-electron chi connectivity index (χ2n) is 3.59. The number of benzene rings is 1. The van der Waals surface area contributed by atoms with Crippen LogP contribution in [0.5, 0.6) is 0 Å². The molecule has 1 heterocycles. The second-order valence-corrected chi connectivity index (χ2v) is 4.38. The highest BCUT2D eigenvalue weighted by atomic mass is 35.5. The van der Waals surface area contributed by atoms with Crippen LogP contribution in [0, 0.1) is 0 Å². The molecule has 0 spiro atoms. The van der Waals surface area contributed by atoms with Gasteiger partial charge in [0.05, 0.1) is 15.7 Å². The van der Waals surface area contributed by atoms with E-state index in [4.69, 9.17) is 27.9 Å². The van der Waals surface area contributed by atoms with Gasteiger partial charge in [-0.15, -0.1) is 0 Å². The molecule has 1 N–H and O–H groups in total. The molecule has 0 aromatic heterocycles. The minimum atomic E-state index is -0.366. The molecule has 1 aromatic rings. The number of hydrogen-bond donors (Lipinski definition) is 1. The molecule has 1 fully saturated rings. The van der Waals surface area contributed by atoms with Crippen LogP contribution in [-0.2, 0) is 9.53 Å². The summed E-state index contributed by atoms with van der Waals surface area (Å²) in [6.45, 7) is 0.640. The van der Waals surface area contributed by atoms with Gasteiger partial charge in [-0.3, -0.25) is 4.79 Å². The largest absolute Gasteiger partial charge is 0.368 e. The third kappa shape index (κ3) is 2.48. The first-order valence-electron chi connectivity index (χ1n) is 5.05. The third-order valence-corrected chi connectivity index (χ3v) is 3.25. The Morgan fingerprint density at radius 3 is 2.94 bits per heavy atom. The first-order valence-corrected chi connectivity index (χ1v) is 5.80. The van der Waals surface area contributed by atoms with Crippen molar-refractivity contribution in [2.45, 2.75) is 18.9 Å². The molecule has 86 valence electrons. The monoisotopic (exact) mass is 259 g/mol. The van der Waals surface area contributed by atoms with Crippen molar-refractivity contribution >= 4 is 34.8 Å². The Labute approximate surface area is 104 Å². The Balaban J connectivity index is 2.08. The van der Waals surface area contributed by atoms with Gasteiger partial charge in [-0.25, -0.2) is 0 Å². The molecule has 5 heteroatoms. The number of anilines is 1. The lowest BCUT2D eigenvalue weighted by atomic mass is 10.2. The molecule has 0 bridgehead atoms. The third-order valence-electron chi connectivity index (χ3n) is 2.43. The minimum Gasteiger partial charge on any atom is -0.368 e. The average molecular weight is 260 g/mol. The van der Waals surface area contributed by atoms with E-state index in [1.54, 1.807) is 18.2 Å². The van der Waals surface area contributed by atoms with E-state index in [2.05, 4.69) is 5.32 Å². The number of rotatable bonds is 2. The number of nitrogens with one attached hydrogen (secondary N) is 1. The Morgan fingerprint density at radius 2 is 2.25 bits per heavy atom. The van der Waals surface area contributed by atoms with Gasteiger partial charge in [0.1, 0.15) is 6.10 Å². The molecule has 1 aliphatic heterocycles. The molecule has 1 aliphatic rings. The van der Waals surface area contributed by atoms with Crippen LogP contribution in [0.4, 0.5) is 5.69 Å². The maximum Gasteiger partial charge on any atom is 0.253 e. The highest BCUT2D eigenvalue weighted by molar-refractivity contribution is 6.44. The van der Waals surface area contributed by atoms with Gasteiger partial charge in [0.15, 0.2) is 0 Å². The smallest absolute Gasteiger partial charge is 0.253 e. The lowest BCUT2D eigenvalue weighted by Gasteiger charge is -2.11. The molecular formula is C11H11Cl2NO2. The van der Waals surface area contributed by atoms with Crippen LogP contribution in [0.2, 0.25) is 10.0 Å². The Bertz CT molecular complexity index is 403. The van der Waals surface area contributed by atoms with E-state index in [9.17, 15) is 4.79 Å². The highest BCUT2D eigenvalue weighted by Crippen LogP contribution is 2.30. The van der Waals surface area contributed by atoms with Crippen LogP contribution < -0.4 is 5.32 Å². The van der Waals surface area contributed by atoms with E-state index in [-0.39, 0.29) is 12.0 Å². The van der Waals surface area contributed by atoms with E-state index < -0.39 is 0 Å².